The number of hydrogen-bond acceptors (Lipinski definition) is 3. The number of thiol groups is 1. The molecule has 0 heterocycles. The minimum absolute atomic E-state index is 0. The third-order valence-corrected chi connectivity index (χ3v) is 4.11. The van der Waals surface area contributed by atoms with Crippen molar-refractivity contribution < 1.29 is 9.05 Å². The van der Waals surface area contributed by atoms with E-state index in [1.807, 2.05) is 13.8 Å². The fourth-order valence-electron chi connectivity index (χ4n) is 0.629. The molecule has 2 atom stereocenters. The average Bonchev–Trinajstić information content (AvgIpc) is 2.02. The molecule has 0 bridgehead atoms. The van der Waals surface area contributed by atoms with Crippen LogP contribution in [-0.2, 0) is 20.9 Å². The van der Waals surface area contributed by atoms with E-state index in [0.29, 0.717) is 0 Å². The summed E-state index contributed by atoms with van der Waals surface area (Å²) in [5.41, 5.74) is -2.31. The van der Waals surface area contributed by atoms with Gasteiger partial charge in [-0.15, -0.1) is 0 Å². The van der Waals surface area contributed by atoms with Crippen LogP contribution in [0.5, 0.6) is 0 Å². The molecule has 0 fully saturated rings. The summed E-state index contributed by atoms with van der Waals surface area (Å²) in [7, 11) is 0. The Kier molecular flexibility index (Phi) is 11.4. The summed E-state index contributed by atoms with van der Waals surface area (Å²) >= 11 is 9.41. The molecule has 0 saturated heterocycles. The Balaban J connectivity index is 0. The van der Waals surface area contributed by atoms with E-state index in [9.17, 15) is 0 Å². The Morgan fingerprint density at radius 2 is 1.43 bits per heavy atom. The Bertz CT molecular complexity index is 176. The van der Waals surface area contributed by atoms with Crippen LogP contribution in [0.1, 0.15) is 40.5 Å². The van der Waals surface area contributed by atoms with Crippen LogP contribution < -0.4 is 0 Å². The van der Waals surface area contributed by atoms with Crippen molar-refractivity contribution in [3.05, 3.63) is 0 Å². The van der Waals surface area contributed by atoms with Gasteiger partial charge in [-0.25, -0.2) is 0 Å². The molecule has 0 saturated carbocycles. The van der Waals surface area contributed by atoms with Gasteiger partial charge >= 0.3 is 23.9 Å². The zero-order valence-electron chi connectivity index (χ0n) is 9.40. The van der Waals surface area contributed by atoms with Crippen LogP contribution in [0, 0.1) is 0 Å². The van der Waals surface area contributed by atoms with Crippen LogP contribution in [0.15, 0.2) is 0 Å². The molecule has 0 aliphatic heterocycles. The molecule has 86 valence electrons. The van der Waals surface area contributed by atoms with E-state index in [0.717, 1.165) is 12.8 Å². The van der Waals surface area contributed by atoms with Gasteiger partial charge in [0.1, 0.15) is 0 Å². The van der Waals surface area contributed by atoms with Gasteiger partial charge in [0.15, 0.2) is 0 Å². The Morgan fingerprint density at radius 3 is 1.64 bits per heavy atom. The van der Waals surface area contributed by atoms with Crippen molar-refractivity contribution in [3.63, 3.8) is 0 Å². The minimum atomic E-state index is -2.31. The Labute approximate surface area is 115 Å². The summed E-state index contributed by atoms with van der Waals surface area (Å²) < 4.78 is 11.1. The molecule has 0 aromatic rings. The van der Waals surface area contributed by atoms with Gasteiger partial charge in [-0.05, 0) is 38.5 Å². The van der Waals surface area contributed by atoms with Gasteiger partial charge in [-0.3, -0.25) is 0 Å². The quantitative estimate of drug-likeness (QED) is 0.445. The van der Waals surface area contributed by atoms with Crippen LogP contribution in [0.4, 0.5) is 0 Å². The van der Waals surface area contributed by atoms with E-state index in [-0.39, 0.29) is 36.1 Å². The van der Waals surface area contributed by atoms with Gasteiger partial charge in [0.05, 0.1) is 12.2 Å². The standard InChI is InChI=1S/C8H19O2PS2.Sn.2H/c1-5-7(3)9-11(12,13)10-8(4)6-2;;;/h7-8H,5-6H2,1-4H3,(H,12,13);;;. The first-order chi connectivity index (χ1) is 5.91. The van der Waals surface area contributed by atoms with Crippen molar-refractivity contribution >= 4 is 53.7 Å². The zero-order chi connectivity index (χ0) is 10.5. The molecule has 0 aromatic carbocycles. The van der Waals surface area contributed by atoms with Gasteiger partial charge < -0.3 is 9.05 Å². The van der Waals surface area contributed by atoms with Gasteiger partial charge in [-0.2, -0.15) is 0 Å². The third-order valence-electron chi connectivity index (χ3n) is 1.78. The molecule has 2 nitrogen and oxygen atoms in total. The second-order valence-electron chi connectivity index (χ2n) is 3.12. The molecule has 0 rings (SSSR count). The van der Waals surface area contributed by atoms with Crippen LogP contribution in [0.3, 0.4) is 0 Å². The van der Waals surface area contributed by atoms with E-state index in [1.165, 1.54) is 0 Å². The summed E-state index contributed by atoms with van der Waals surface area (Å²) in [4.78, 5) is 0. The fraction of sp³-hybridized carbons (Fsp3) is 1.00. The molecule has 6 heteroatoms. The first-order valence-corrected chi connectivity index (χ1v) is 8.40. The van der Waals surface area contributed by atoms with E-state index < -0.39 is 5.69 Å². The first kappa shape index (κ1) is 18.1. The third kappa shape index (κ3) is 8.98. The molecule has 2 unspecified atom stereocenters. The predicted molar refractivity (Wildman–Crippen MR) is 73.5 cm³/mol. The maximum absolute atomic E-state index is 5.53. The zero-order valence-corrected chi connectivity index (χ0v) is 16.0. The van der Waals surface area contributed by atoms with Crippen molar-refractivity contribution in [3.8, 4) is 0 Å². The first-order valence-electron chi connectivity index (χ1n) is 4.60. The van der Waals surface area contributed by atoms with E-state index >= 15 is 0 Å². The normalized spacial score (nSPS) is 19.2. The topological polar surface area (TPSA) is 18.5 Å². The van der Waals surface area contributed by atoms with Crippen LogP contribution in [0.2, 0.25) is 0 Å². The maximum atomic E-state index is 5.53. The van der Waals surface area contributed by atoms with Gasteiger partial charge in [-0.1, -0.05) is 26.1 Å². The summed E-state index contributed by atoms with van der Waals surface area (Å²) in [5, 5.41) is 0. The van der Waals surface area contributed by atoms with E-state index in [1.54, 1.807) is 0 Å². The monoisotopic (exact) mass is 364 g/mol. The molecular formula is C8H21O2PS2Sn. The van der Waals surface area contributed by atoms with Gasteiger partial charge in [0.2, 0.25) is 5.69 Å². The molecule has 0 aliphatic rings. The van der Waals surface area contributed by atoms with Crippen molar-refractivity contribution in [2.75, 3.05) is 0 Å². The van der Waals surface area contributed by atoms with Crippen LogP contribution >= 0.6 is 17.9 Å². The second-order valence-corrected chi connectivity index (χ2v) is 8.31. The second kappa shape index (κ2) is 8.82. The summed E-state index contributed by atoms with van der Waals surface area (Å²) in [6, 6.07) is 0. The predicted octanol–water partition coefficient (Wildman–Crippen LogP) is 2.85. The van der Waals surface area contributed by atoms with Crippen molar-refractivity contribution in [1.82, 2.24) is 0 Å². The van der Waals surface area contributed by atoms with Gasteiger partial charge in [0.25, 0.3) is 0 Å². The Morgan fingerprint density at radius 1 is 1.14 bits per heavy atom. The van der Waals surface area contributed by atoms with Crippen LogP contribution in [-0.4, -0.2) is 36.1 Å². The van der Waals surface area contributed by atoms with Crippen molar-refractivity contribution in [2.45, 2.75) is 52.7 Å². The SMILES string of the molecule is CCC(C)OP(=S)(S)OC(C)CC.[SnH2]. The van der Waals surface area contributed by atoms with Crippen LogP contribution in [0.25, 0.3) is 0 Å². The molecule has 0 N–H and O–H groups in total. The molecule has 0 aromatic heterocycles. The number of rotatable bonds is 6. The summed E-state index contributed by atoms with van der Waals surface area (Å²) in [5.74, 6) is 0. The average molecular weight is 363 g/mol. The van der Waals surface area contributed by atoms with E-state index in [4.69, 9.17) is 20.9 Å². The number of hydrogen-bond donors (Lipinski definition) is 1. The van der Waals surface area contributed by atoms with Gasteiger partial charge in [0, 0.05) is 0 Å². The van der Waals surface area contributed by atoms with Crippen molar-refractivity contribution in [2.24, 2.45) is 0 Å². The fourth-order valence-corrected chi connectivity index (χ4v) is 3.73. The molecule has 0 amide bonds. The molecule has 0 aliphatic carbocycles. The molecule has 2 radical (unpaired) electrons. The molecule has 0 spiro atoms. The van der Waals surface area contributed by atoms with Crippen molar-refractivity contribution in [1.29, 1.82) is 0 Å². The summed E-state index contributed by atoms with van der Waals surface area (Å²) in [6.45, 7) is 8.07. The molecule has 14 heavy (non-hydrogen) atoms. The molecular weight excluding hydrogens is 342 g/mol. The summed E-state index contributed by atoms with van der Waals surface area (Å²) in [6.07, 6.45) is 2.13. The van der Waals surface area contributed by atoms with E-state index in [2.05, 4.69) is 26.1 Å². The Hall–Kier alpha value is 1.72.